The van der Waals surface area contributed by atoms with Gasteiger partial charge in [-0.05, 0) is 30.8 Å². The average molecular weight is 317 g/mol. The summed E-state index contributed by atoms with van der Waals surface area (Å²) in [5, 5.41) is 7.98. The van der Waals surface area contributed by atoms with Crippen molar-refractivity contribution in [1.29, 1.82) is 0 Å². The quantitative estimate of drug-likeness (QED) is 0.810. The smallest absolute Gasteiger partial charge is 0.320 e. The van der Waals surface area contributed by atoms with Crippen LogP contribution >= 0.6 is 34.7 Å². The second-order valence-electron chi connectivity index (χ2n) is 4.07. The second-order valence-corrected chi connectivity index (χ2v) is 6.94. The number of carbonyl (C=O) groups excluding carboxylic acids is 1. The molecule has 8 heteroatoms. The Labute approximate surface area is 122 Å². The largest absolute Gasteiger partial charge is 0.462 e. The highest BCUT2D eigenvalue weighted by molar-refractivity contribution is 8.00. The van der Waals surface area contributed by atoms with Gasteiger partial charge >= 0.3 is 5.97 Å². The second kappa shape index (κ2) is 5.15. The number of thioether (sulfide) groups is 1. The maximum atomic E-state index is 11.5. The van der Waals surface area contributed by atoms with Crippen molar-refractivity contribution >= 4 is 40.7 Å². The molecular weight excluding hydrogens is 308 g/mol. The van der Waals surface area contributed by atoms with E-state index in [0.29, 0.717) is 21.9 Å². The van der Waals surface area contributed by atoms with E-state index in [2.05, 4.69) is 10.2 Å². The Morgan fingerprint density at radius 3 is 2.95 bits per heavy atom. The minimum absolute atomic E-state index is 0.0523. The monoisotopic (exact) mass is 316 g/mol. The van der Waals surface area contributed by atoms with Crippen molar-refractivity contribution in [3.8, 4) is 10.8 Å². The molecule has 1 aliphatic rings. The molecule has 0 unspecified atom stereocenters. The molecule has 2 aromatic rings. The number of halogens is 1. The first kappa shape index (κ1) is 13.0. The lowest BCUT2D eigenvalue weighted by Crippen LogP contribution is -2.09. The lowest BCUT2D eigenvalue weighted by Gasteiger charge is -1.98. The number of hydrogen-bond donors (Lipinski definition) is 0. The fraction of sp³-hybridized carbons (Fsp3) is 0.364. The van der Waals surface area contributed by atoms with Gasteiger partial charge in [-0.15, -0.1) is 21.5 Å². The highest BCUT2D eigenvalue weighted by atomic mass is 35.5. The van der Waals surface area contributed by atoms with Gasteiger partial charge in [-0.1, -0.05) is 11.6 Å². The van der Waals surface area contributed by atoms with Crippen LogP contribution in [0.2, 0.25) is 4.34 Å². The van der Waals surface area contributed by atoms with E-state index in [-0.39, 0.29) is 17.3 Å². The standard InChI is InChI=1S/C11H9ClN2O3S2/c1-5-4-7(10(15)16-5)19-11-14-13-9(17-11)6-2-3-8(12)18-6/h2-3,5,7H,4H2,1H3/t5-,7+/m0/s1. The summed E-state index contributed by atoms with van der Waals surface area (Å²) >= 11 is 8.46. The molecule has 19 heavy (non-hydrogen) atoms. The van der Waals surface area contributed by atoms with Crippen LogP contribution in [0.3, 0.4) is 0 Å². The zero-order chi connectivity index (χ0) is 13.4. The molecular formula is C11H9ClN2O3S2. The van der Waals surface area contributed by atoms with E-state index in [1.165, 1.54) is 23.1 Å². The summed E-state index contributed by atoms with van der Waals surface area (Å²) in [6.07, 6.45) is 0.606. The zero-order valence-corrected chi connectivity index (χ0v) is 12.2. The third kappa shape index (κ3) is 2.77. The average Bonchev–Trinajstić information content (AvgIpc) is 3.02. The molecule has 0 amide bonds. The third-order valence-corrected chi connectivity index (χ3v) is 4.81. The molecule has 1 saturated heterocycles. The molecule has 0 saturated carbocycles. The van der Waals surface area contributed by atoms with E-state index in [1.54, 1.807) is 6.07 Å². The van der Waals surface area contributed by atoms with Crippen molar-refractivity contribution < 1.29 is 13.9 Å². The van der Waals surface area contributed by atoms with E-state index in [4.69, 9.17) is 20.8 Å². The van der Waals surface area contributed by atoms with Gasteiger partial charge < -0.3 is 9.15 Å². The first-order valence-corrected chi connectivity index (χ1v) is 7.65. The maximum absolute atomic E-state index is 11.5. The molecule has 0 aliphatic carbocycles. The Morgan fingerprint density at radius 1 is 1.47 bits per heavy atom. The van der Waals surface area contributed by atoms with Gasteiger partial charge in [0.1, 0.15) is 11.4 Å². The highest BCUT2D eigenvalue weighted by Crippen LogP contribution is 2.35. The number of ether oxygens (including phenoxy) is 1. The highest BCUT2D eigenvalue weighted by Gasteiger charge is 2.34. The van der Waals surface area contributed by atoms with Crippen LogP contribution in [0.1, 0.15) is 13.3 Å². The van der Waals surface area contributed by atoms with Gasteiger partial charge in [0.15, 0.2) is 0 Å². The molecule has 0 aromatic carbocycles. The molecule has 3 heterocycles. The fourth-order valence-corrected chi connectivity index (χ4v) is 3.67. The van der Waals surface area contributed by atoms with E-state index in [0.717, 1.165) is 4.88 Å². The maximum Gasteiger partial charge on any atom is 0.320 e. The molecule has 0 radical (unpaired) electrons. The molecule has 0 N–H and O–H groups in total. The number of nitrogens with zero attached hydrogens (tertiary/aromatic N) is 2. The first-order chi connectivity index (χ1) is 9.11. The van der Waals surface area contributed by atoms with E-state index < -0.39 is 0 Å². The summed E-state index contributed by atoms with van der Waals surface area (Å²) in [6.45, 7) is 1.87. The van der Waals surface area contributed by atoms with Crippen molar-refractivity contribution in [2.24, 2.45) is 0 Å². The molecule has 2 atom stereocenters. The van der Waals surface area contributed by atoms with E-state index in [1.807, 2.05) is 13.0 Å². The predicted octanol–water partition coefficient (Wildman–Crippen LogP) is 3.25. The summed E-state index contributed by atoms with van der Waals surface area (Å²) in [6, 6.07) is 3.59. The predicted molar refractivity (Wildman–Crippen MR) is 72.4 cm³/mol. The number of esters is 1. The summed E-state index contributed by atoms with van der Waals surface area (Å²) in [4.78, 5) is 12.3. The number of hydrogen-bond acceptors (Lipinski definition) is 7. The van der Waals surface area contributed by atoms with Gasteiger partial charge in [-0.25, -0.2) is 0 Å². The van der Waals surface area contributed by atoms with Crippen molar-refractivity contribution in [1.82, 2.24) is 10.2 Å². The lowest BCUT2D eigenvalue weighted by molar-refractivity contribution is -0.140. The SMILES string of the molecule is C[C@H]1C[C@@H](Sc2nnc(-c3ccc(Cl)s3)o2)C(=O)O1. The molecule has 3 rings (SSSR count). The van der Waals surface area contributed by atoms with Crippen LogP contribution < -0.4 is 0 Å². The number of rotatable bonds is 3. The Balaban J connectivity index is 1.73. The Morgan fingerprint density at radius 2 is 2.32 bits per heavy atom. The molecule has 1 fully saturated rings. The molecule has 0 bridgehead atoms. The van der Waals surface area contributed by atoms with Crippen LogP contribution in [0, 0.1) is 0 Å². The van der Waals surface area contributed by atoms with E-state index >= 15 is 0 Å². The summed E-state index contributed by atoms with van der Waals surface area (Å²) < 4.78 is 11.3. The number of thiophene rings is 1. The van der Waals surface area contributed by atoms with Gasteiger partial charge in [-0.2, -0.15) is 0 Å². The summed E-state index contributed by atoms with van der Waals surface area (Å²) in [5.74, 6) is 0.190. The van der Waals surface area contributed by atoms with Crippen molar-refractivity contribution in [2.45, 2.75) is 29.9 Å². The van der Waals surface area contributed by atoms with Crippen LogP contribution in [-0.4, -0.2) is 27.5 Å². The molecule has 0 spiro atoms. The summed E-state index contributed by atoms with van der Waals surface area (Å²) in [5.41, 5.74) is 0. The van der Waals surface area contributed by atoms with Crippen LogP contribution in [0.25, 0.3) is 10.8 Å². The summed E-state index contributed by atoms with van der Waals surface area (Å²) in [7, 11) is 0. The van der Waals surface area contributed by atoms with Crippen molar-refractivity contribution in [3.05, 3.63) is 16.5 Å². The van der Waals surface area contributed by atoms with Crippen molar-refractivity contribution in [3.63, 3.8) is 0 Å². The van der Waals surface area contributed by atoms with Crippen LogP contribution in [0.15, 0.2) is 21.8 Å². The molecule has 5 nitrogen and oxygen atoms in total. The molecule has 100 valence electrons. The van der Waals surface area contributed by atoms with Gasteiger partial charge in [0.25, 0.3) is 11.1 Å². The lowest BCUT2D eigenvalue weighted by atomic mass is 10.3. The number of carbonyl (C=O) groups is 1. The minimum Gasteiger partial charge on any atom is -0.462 e. The molecule has 2 aromatic heterocycles. The van der Waals surface area contributed by atoms with Crippen molar-refractivity contribution in [2.75, 3.05) is 0 Å². The van der Waals surface area contributed by atoms with Crippen LogP contribution in [0.5, 0.6) is 0 Å². The van der Waals surface area contributed by atoms with Gasteiger partial charge in [0.2, 0.25) is 0 Å². The zero-order valence-electron chi connectivity index (χ0n) is 9.83. The Hall–Kier alpha value is -1.05. The molecule has 1 aliphatic heterocycles. The first-order valence-electron chi connectivity index (χ1n) is 5.58. The van der Waals surface area contributed by atoms with E-state index in [9.17, 15) is 4.79 Å². The van der Waals surface area contributed by atoms with Crippen LogP contribution in [-0.2, 0) is 9.53 Å². The fourth-order valence-electron chi connectivity index (χ4n) is 1.72. The number of aromatic nitrogens is 2. The minimum atomic E-state index is -0.268. The Kier molecular flexibility index (Phi) is 3.51. The normalized spacial score (nSPS) is 22.7. The van der Waals surface area contributed by atoms with Crippen LogP contribution in [0.4, 0.5) is 0 Å². The Bertz CT molecular complexity index is 613. The third-order valence-electron chi connectivity index (χ3n) is 2.56. The number of cyclic esters (lactones) is 1. The van der Waals surface area contributed by atoms with Gasteiger partial charge in [0, 0.05) is 6.42 Å². The topological polar surface area (TPSA) is 65.2 Å². The van der Waals surface area contributed by atoms with Gasteiger partial charge in [0.05, 0.1) is 9.21 Å². The van der Waals surface area contributed by atoms with Gasteiger partial charge in [-0.3, -0.25) is 4.79 Å².